The molecule has 5 rings (SSSR count). The maximum absolute atomic E-state index is 13.3. The summed E-state index contributed by atoms with van der Waals surface area (Å²) in [5.74, 6) is -1.50. The Morgan fingerprint density at radius 3 is 2.76 bits per heavy atom. The average Bonchev–Trinajstić information content (AvgIpc) is 3.38. The van der Waals surface area contributed by atoms with E-state index in [2.05, 4.69) is 9.97 Å². The van der Waals surface area contributed by atoms with Gasteiger partial charge in [0.05, 0.1) is 24.3 Å². The van der Waals surface area contributed by atoms with Crippen LogP contribution in [0.15, 0.2) is 78.8 Å². The van der Waals surface area contributed by atoms with Gasteiger partial charge in [-0.15, -0.1) is 0 Å². The smallest absolute Gasteiger partial charge is 0.295 e. The van der Waals surface area contributed by atoms with Gasteiger partial charge in [-0.25, -0.2) is 0 Å². The van der Waals surface area contributed by atoms with Gasteiger partial charge in [0.2, 0.25) is 0 Å². The lowest BCUT2D eigenvalue weighted by Gasteiger charge is -2.25. The van der Waals surface area contributed by atoms with Crippen molar-refractivity contribution in [3.05, 3.63) is 100 Å². The summed E-state index contributed by atoms with van der Waals surface area (Å²) in [5, 5.41) is 12.6. The molecule has 0 saturated carbocycles. The van der Waals surface area contributed by atoms with Crippen molar-refractivity contribution in [2.24, 2.45) is 0 Å². The number of ketones is 1. The Bertz CT molecular complexity index is 1440. The lowest BCUT2D eigenvalue weighted by Crippen LogP contribution is -2.29. The normalized spacial score (nSPS) is 17.5. The van der Waals surface area contributed by atoms with E-state index >= 15 is 0 Å². The van der Waals surface area contributed by atoms with Crippen LogP contribution in [0.4, 0.5) is 0 Å². The second kappa shape index (κ2) is 8.68. The van der Waals surface area contributed by atoms with E-state index in [4.69, 9.17) is 16.3 Å². The van der Waals surface area contributed by atoms with Crippen LogP contribution in [0.5, 0.6) is 5.75 Å². The topological polar surface area (TPSA) is 95.5 Å². The van der Waals surface area contributed by atoms with E-state index in [0.717, 1.165) is 16.5 Å². The minimum atomic E-state index is -0.833. The molecule has 3 heterocycles. The highest BCUT2D eigenvalue weighted by atomic mass is 35.5. The predicted octanol–water partition coefficient (Wildman–Crippen LogP) is 4.85. The number of amides is 1. The van der Waals surface area contributed by atoms with Crippen molar-refractivity contribution < 1.29 is 19.4 Å². The minimum Gasteiger partial charge on any atom is -0.507 e. The number of aromatic nitrogens is 2. The van der Waals surface area contributed by atoms with Crippen LogP contribution in [0.25, 0.3) is 16.7 Å². The number of hydrogen-bond donors (Lipinski definition) is 2. The van der Waals surface area contributed by atoms with Crippen LogP contribution >= 0.6 is 11.6 Å². The number of benzene rings is 2. The highest BCUT2D eigenvalue weighted by Crippen LogP contribution is 2.44. The molecule has 0 radical (unpaired) electrons. The first-order valence-corrected chi connectivity index (χ1v) is 10.9. The molecule has 1 aliphatic rings. The average molecular weight is 474 g/mol. The van der Waals surface area contributed by atoms with Gasteiger partial charge in [-0.2, -0.15) is 0 Å². The van der Waals surface area contributed by atoms with Gasteiger partial charge < -0.3 is 19.7 Å². The van der Waals surface area contributed by atoms with Crippen molar-refractivity contribution in [1.29, 1.82) is 0 Å². The van der Waals surface area contributed by atoms with Crippen molar-refractivity contribution in [2.75, 3.05) is 7.11 Å². The first-order chi connectivity index (χ1) is 16.5. The Morgan fingerprint density at radius 2 is 2.00 bits per heavy atom. The molecule has 2 N–H and O–H groups in total. The van der Waals surface area contributed by atoms with Gasteiger partial charge in [0.25, 0.3) is 11.7 Å². The number of Topliss-reactive ketones (excluding diaryl/α,β-unsaturated/α-hetero) is 1. The maximum atomic E-state index is 13.3. The van der Waals surface area contributed by atoms with E-state index in [1.165, 1.54) is 18.1 Å². The maximum Gasteiger partial charge on any atom is 0.295 e. The molecule has 8 heteroatoms. The Labute approximate surface area is 200 Å². The van der Waals surface area contributed by atoms with Crippen LogP contribution in [0.2, 0.25) is 5.02 Å². The number of H-pyrrole nitrogens is 1. The Hall–Kier alpha value is -4.10. The number of para-hydroxylation sites is 1. The molecule has 7 nitrogen and oxygen atoms in total. The van der Waals surface area contributed by atoms with Crippen LogP contribution in [0.3, 0.4) is 0 Å². The highest BCUT2D eigenvalue weighted by molar-refractivity contribution is 6.46. The van der Waals surface area contributed by atoms with Crippen LogP contribution in [0.1, 0.15) is 22.7 Å². The number of likely N-dealkylation sites (tertiary alicyclic amines) is 1. The number of aromatic amines is 1. The van der Waals surface area contributed by atoms with E-state index in [-0.39, 0.29) is 23.4 Å². The second-order valence-electron chi connectivity index (χ2n) is 7.92. The number of nitrogens with one attached hydrogen (secondary N) is 1. The Kier molecular flexibility index (Phi) is 5.55. The molecule has 2 aromatic carbocycles. The number of carbonyl (C=O) groups is 2. The summed E-state index contributed by atoms with van der Waals surface area (Å²) in [6.45, 7) is 0.145. The summed E-state index contributed by atoms with van der Waals surface area (Å²) in [7, 11) is 1.46. The third kappa shape index (κ3) is 3.60. The fraction of sp³-hybridized carbons (Fsp3) is 0.115. The lowest BCUT2D eigenvalue weighted by atomic mass is 9.94. The molecule has 1 atom stereocenters. The number of nitrogens with zero attached hydrogens (tertiary/aromatic N) is 2. The molecule has 0 bridgehead atoms. The number of fused-ring (bicyclic) bond motifs is 1. The van der Waals surface area contributed by atoms with Crippen molar-refractivity contribution in [3.8, 4) is 5.75 Å². The highest BCUT2D eigenvalue weighted by Gasteiger charge is 2.47. The summed E-state index contributed by atoms with van der Waals surface area (Å²) >= 11 is 6.18. The Balaban J connectivity index is 1.74. The van der Waals surface area contributed by atoms with Crippen molar-refractivity contribution in [1.82, 2.24) is 14.9 Å². The number of rotatable bonds is 5. The quantitative estimate of drug-likeness (QED) is 0.245. The van der Waals surface area contributed by atoms with Crippen LogP contribution in [0, 0.1) is 0 Å². The van der Waals surface area contributed by atoms with Gasteiger partial charge in [-0.1, -0.05) is 35.9 Å². The Morgan fingerprint density at radius 1 is 1.18 bits per heavy atom. The molecule has 1 unspecified atom stereocenters. The third-order valence-corrected chi connectivity index (χ3v) is 6.18. The molecule has 1 amide bonds. The van der Waals surface area contributed by atoms with E-state index in [1.807, 2.05) is 30.3 Å². The van der Waals surface area contributed by atoms with E-state index in [1.54, 1.807) is 36.8 Å². The first-order valence-electron chi connectivity index (χ1n) is 10.6. The number of halogens is 1. The molecule has 0 spiro atoms. The van der Waals surface area contributed by atoms with Gasteiger partial charge >= 0.3 is 0 Å². The van der Waals surface area contributed by atoms with Crippen molar-refractivity contribution >= 4 is 40.0 Å². The summed E-state index contributed by atoms with van der Waals surface area (Å²) < 4.78 is 5.38. The van der Waals surface area contributed by atoms with Crippen LogP contribution in [-0.4, -0.2) is 38.8 Å². The summed E-state index contributed by atoms with van der Waals surface area (Å²) in [6, 6.07) is 15.1. The largest absolute Gasteiger partial charge is 0.507 e. The molecule has 4 aromatic rings. The SMILES string of the molecule is COc1ccc(Cl)cc1/C(O)=C1\C(=O)C(=O)N(Cc2cccnc2)C1c1c[nH]c2ccccc12. The minimum absolute atomic E-state index is 0.0285. The summed E-state index contributed by atoms with van der Waals surface area (Å²) in [4.78, 5) is 35.4. The molecule has 1 saturated heterocycles. The fourth-order valence-electron chi connectivity index (χ4n) is 4.39. The van der Waals surface area contributed by atoms with Crippen LogP contribution in [-0.2, 0) is 16.1 Å². The standard InChI is InChI=1S/C26H20ClN3O4/c1-34-21-9-8-16(27)11-18(21)24(31)22-23(19-13-29-20-7-3-2-6-17(19)20)30(26(33)25(22)32)14-15-5-4-10-28-12-15/h2-13,23,29,31H,14H2,1H3/b24-22+. The molecular formula is C26H20ClN3O4. The van der Waals surface area contributed by atoms with E-state index < -0.39 is 17.7 Å². The number of ether oxygens (including phenoxy) is 1. The van der Waals surface area contributed by atoms with Gasteiger partial charge in [-0.3, -0.25) is 14.6 Å². The molecule has 0 aliphatic carbocycles. The van der Waals surface area contributed by atoms with Gasteiger partial charge in [0.15, 0.2) is 0 Å². The predicted molar refractivity (Wildman–Crippen MR) is 128 cm³/mol. The summed E-state index contributed by atoms with van der Waals surface area (Å²) in [5.41, 5.74) is 2.51. The summed E-state index contributed by atoms with van der Waals surface area (Å²) in [6.07, 6.45) is 5.05. The third-order valence-electron chi connectivity index (χ3n) is 5.95. The molecule has 170 valence electrons. The number of carbonyl (C=O) groups excluding carboxylic acids is 2. The fourth-order valence-corrected chi connectivity index (χ4v) is 4.56. The zero-order valence-corrected chi connectivity index (χ0v) is 18.9. The number of pyridine rings is 1. The lowest BCUT2D eigenvalue weighted by molar-refractivity contribution is -0.140. The first kappa shape index (κ1) is 21.7. The number of hydrogen-bond acceptors (Lipinski definition) is 5. The molecule has 1 aliphatic heterocycles. The monoisotopic (exact) mass is 473 g/mol. The van der Waals surface area contributed by atoms with Crippen molar-refractivity contribution in [3.63, 3.8) is 0 Å². The molecule has 34 heavy (non-hydrogen) atoms. The molecule has 2 aromatic heterocycles. The number of aliphatic hydroxyl groups excluding tert-OH is 1. The zero-order valence-electron chi connectivity index (χ0n) is 18.2. The van der Waals surface area contributed by atoms with E-state index in [9.17, 15) is 14.7 Å². The molecule has 1 fully saturated rings. The molecular weight excluding hydrogens is 454 g/mol. The second-order valence-corrected chi connectivity index (χ2v) is 8.36. The van der Waals surface area contributed by atoms with Gasteiger partial charge in [-0.05, 0) is 35.9 Å². The van der Waals surface area contributed by atoms with E-state index in [0.29, 0.717) is 16.3 Å². The zero-order chi connectivity index (χ0) is 23.8. The van der Waals surface area contributed by atoms with Crippen molar-refractivity contribution in [2.45, 2.75) is 12.6 Å². The van der Waals surface area contributed by atoms with Crippen LogP contribution < -0.4 is 4.74 Å². The number of methoxy groups -OCH3 is 1. The van der Waals surface area contributed by atoms with Gasteiger partial charge in [0.1, 0.15) is 11.5 Å². The van der Waals surface area contributed by atoms with Gasteiger partial charge in [0, 0.05) is 46.6 Å². The number of aliphatic hydroxyl groups is 1.